The normalized spacial score (nSPS) is 11.8. The Labute approximate surface area is 155 Å². The van der Waals surface area contributed by atoms with Gasteiger partial charge >= 0.3 is 0 Å². The van der Waals surface area contributed by atoms with Gasteiger partial charge in [-0.3, -0.25) is 4.79 Å². The number of hydrogen-bond donors (Lipinski definition) is 2. The van der Waals surface area contributed by atoms with E-state index in [2.05, 4.69) is 20.7 Å². The Bertz CT molecular complexity index is 897. The molecule has 0 radical (unpaired) electrons. The van der Waals surface area contributed by atoms with Gasteiger partial charge in [-0.2, -0.15) is 0 Å². The second-order valence-corrected chi connectivity index (χ2v) is 6.06. The minimum atomic E-state index is -0.308. The Morgan fingerprint density at radius 2 is 2.04 bits per heavy atom. The van der Waals surface area contributed by atoms with E-state index in [0.717, 1.165) is 5.56 Å². The van der Waals surface area contributed by atoms with Crippen LogP contribution in [0.15, 0.2) is 54.9 Å². The first-order chi connectivity index (χ1) is 12.5. The van der Waals surface area contributed by atoms with Crippen LogP contribution in [-0.2, 0) is 4.79 Å². The molecule has 8 heteroatoms. The van der Waals surface area contributed by atoms with E-state index < -0.39 is 0 Å². The summed E-state index contributed by atoms with van der Waals surface area (Å²) in [6.07, 6.45) is 3.33. The quantitative estimate of drug-likeness (QED) is 0.695. The lowest BCUT2D eigenvalue weighted by Crippen LogP contribution is -2.32. The summed E-state index contributed by atoms with van der Waals surface area (Å²) in [7, 11) is 0. The standard InChI is InChI=1S/C18H17ClFN5O/c1-12(13-4-6-14(20)7-5-13)23-17(26)11-22-16-8-10-25(24-16)18-15(19)3-2-9-21-18/h2-10,12H,11H2,1H3,(H,22,24)(H,23,26)/t12-/m1/s1. The summed E-state index contributed by atoms with van der Waals surface area (Å²) in [6.45, 7) is 1.89. The highest BCUT2D eigenvalue weighted by molar-refractivity contribution is 6.32. The molecule has 0 unspecified atom stereocenters. The van der Waals surface area contributed by atoms with Crippen molar-refractivity contribution in [1.82, 2.24) is 20.1 Å². The second kappa shape index (κ2) is 7.97. The largest absolute Gasteiger partial charge is 0.360 e. The van der Waals surface area contributed by atoms with Gasteiger partial charge in [-0.25, -0.2) is 14.1 Å². The third-order valence-electron chi connectivity index (χ3n) is 3.72. The van der Waals surface area contributed by atoms with Crippen LogP contribution in [0.1, 0.15) is 18.5 Å². The van der Waals surface area contributed by atoms with Crippen LogP contribution >= 0.6 is 11.6 Å². The van der Waals surface area contributed by atoms with Crippen LogP contribution < -0.4 is 10.6 Å². The summed E-state index contributed by atoms with van der Waals surface area (Å²) < 4.78 is 14.5. The van der Waals surface area contributed by atoms with E-state index in [-0.39, 0.29) is 24.3 Å². The number of benzene rings is 1. The molecule has 26 heavy (non-hydrogen) atoms. The Balaban J connectivity index is 1.55. The molecule has 0 aliphatic rings. The van der Waals surface area contributed by atoms with Gasteiger partial charge in [-0.15, -0.1) is 5.10 Å². The van der Waals surface area contributed by atoms with Crippen molar-refractivity contribution in [3.8, 4) is 5.82 Å². The molecule has 3 rings (SSSR count). The zero-order chi connectivity index (χ0) is 18.5. The van der Waals surface area contributed by atoms with Crippen molar-refractivity contribution in [1.29, 1.82) is 0 Å². The van der Waals surface area contributed by atoms with E-state index in [1.54, 1.807) is 42.7 Å². The maximum Gasteiger partial charge on any atom is 0.239 e. The fourth-order valence-corrected chi connectivity index (χ4v) is 2.59. The van der Waals surface area contributed by atoms with Gasteiger partial charge in [0, 0.05) is 18.5 Å². The molecule has 0 fully saturated rings. The van der Waals surface area contributed by atoms with Gasteiger partial charge in [-0.05, 0) is 36.8 Å². The molecular weight excluding hydrogens is 357 g/mol. The predicted octanol–water partition coefficient (Wildman–Crippen LogP) is 3.35. The van der Waals surface area contributed by atoms with Crippen LogP contribution in [0.5, 0.6) is 0 Å². The fourth-order valence-electron chi connectivity index (χ4n) is 2.38. The fraction of sp³-hybridized carbons (Fsp3) is 0.167. The molecule has 0 saturated carbocycles. The Kier molecular flexibility index (Phi) is 5.48. The molecule has 2 aromatic heterocycles. The molecule has 0 bridgehead atoms. The average Bonchev–Trinajstić information content (AvgIpc) is 3.09. The highest BCUT2D eigenvalue weighted by Gasteiger charge is 2.11. The molecule has 0 spiro atoms. The zero-order valence-electron chi connectivity index (χ0n) is 14.0. The first kappa shape index (κ1) is 17.9. The number of pyridine rings is 1. The van der Waals surface area contributed by atoms with Crippen LogP contribution in [-0.4, -0.2) is 27.2 Å². The molecule has 0 aliphatic carbocycles. The summed E-state index contributed by atoms with van der Waals surface area (Å²) >= 11 is 6.09. The van der Waals surface area contributed by atoms with Crippen molar-refractivity contribution in [2.75, 3.05) is 11.9 Å². The lowest BCUT2D eigenvalue weighted by Gasteiger charge is -2.14. The maximum absolute atomic E-state index is 13.0. The number of nitrogens with one attached hydrogen (secondary N) is 2. The minimum absolute atomic E-state index is 0.0541. The number of carbonyl (C=O) groups is 1. The van der Waals surface area contributed by atoms with E-state index in [0.29, 0.717) is 16.7 Å². The van der Waals surface area contributed by atoms with E-state index in [4.69, 9.17) is 11.6 Å². The van der Waals surface area contributed by atoms with Crippen LogP contribution in [0, 0.1) is 5.82 Å². The lowest BCUT2D eigenvalue weighted by atomic mass is 10.1. The van der Waals surface area contributed by atoms with E-state index in [1.807, 2.05) is 6.92 Å². The SMILES string of the molecule is C[C@@H](NC(=O)CNc1ccn(-c2ncccc2Cl)n1)c1ccc(F)cc1. The Morgan fingerprint density at radius 1 is 1.27 bits per heavy atom. The number of halogens is 2. The van der Waals surface area contributed by atoms with Crippen molar-refractivity contribution in [3.05, 3.63) is 71.3 Å². The monoisotopic (exact) mass is 373 g/mol. The Hall–Kier alpha value is -2.93. The molecular formula is C18H17ClFN5O. The van der Waals surface area contributed by atoms with Crippen molar-refractivity contribution in [2.45, 2.75) is 13.0 Å². The summed E-state index contributed by atoms with van der Waals surface area (Å²) in [5.74, 6) is 0.526. The minimum Gasteiger partial charge on any atom is -0.360 e. The average molecular weight is 374 g/mol. The maximum atomic E-state index is 13.0. The van der Waals surface area contributed by atoms with Gasteiger partial charge in [0.05, 0.1) is 17.6 Å². The van der Waals surface area contributed by atoms with Gasteiger partial charge in [0.2, 0.25) is 5.91 Å². The molecule has 134 valence electrons. The van der Waals surface area contributed by atoms with E-state index in [9.17, 15) is 9.18 Å². The number of carbonyl (C=O) groups excluding carboxylic acids is 1. The second-order valence-electron chi connectivity index (χ2n) is 5.65. The molecule has 2 N–H and O–H groups in total. The third-order valence-corrected chi connectivity index (χ3v) is 4.02. The molecule has 6 nitrogen and oxygen atoms in total. The highest BCUT2D eigenvalue weighted by Crippen LogP contribution is 2.17. The van der Waals surface area contributed by atoms with Crippen molar-refractivity contribution < 1.29 is 9.18 Å². The van der Waals surface area contributed by atoms with Gasteiger partial charge in [-0.1, -0.05) is 23.7 Å². The zero-order valence-corrected chi connectivity index (χ0v) is 14.7. The highest BCUT2D eigenvalue weighted by atomic mass is 35.5. The summed E-state index contributed by atoms with van der Waals surface area (Å²) in [5.41, 5.74) is 0.828. The van der Waals surface area contributed by atoms with Gasteiger partial charge in [0.15, 0.2) is 5.82 Å². The lowest BCUT2D eigenvalue weighted by molar-refractivity contribution is -0.120. The molecule has 1 aromatic carbocycles. The third kappa shape index (κ3) is 4.37. The molecule has 1 amide bonds. The first-order valence-corrected chi connectivity index (χ1v) is 8.36. The number of aromatic nitrogens is 3. The first-order valence-electron chi connectivity index (χ1n) is 7.98. The molecule has 1 atom stereocenters. The number of amides is 1. The van der Waals surface area contributed by atoms with Crippen molar-refractivity contribution in [2.24, 2.45) is 0 Å². The topological polar surface area (TPSA) is 71.8 Å². The van der Waals surface area contributed by atoms with Gasteiger partial charge in [0.25, 0.3) is 0 Å². The number of hydrogen-bond acceptors (Lipinski definition) is 4. The summed E-state index contributed by atoms with van der Waals surface area (Å²) in [5, 5.41) is 10.6. The smallest absolute Gasteiger partial charge is 0.239 e. The van der Waals surface area contributed by atoms with Crippen LogP contribution in [0.4, 0.5) is 10.2 Å². The van der Waals surface area contributed by atoms with Crippen LogP contribution in [0.25, 0.3) is 5.82 Å². The number of anilines is 1. The van der Waals surface area contributed by atoms with Crippen LogP contribution in [0.2, 0.25) is 5.02 Å². The molecule has 3 aromatic rings. The van der Waals surface area contributed by atoms with Crippen molar-refractivity contribution in [3.63, 3.8) is 0 Å². The number of rotatable bonds is 6. The summed E-state index contributed by atoms with van der Waals surface area (Å²) in [4.78, 5) is 16.3. The Morgan fingerprint density at radius 3 is 2.77 bits per heavy atom. The van der Waals surface area contributed by atoms with Crippen LogP contribution in [0.3, 0.4) is 0 Å². The molecule has 0 aliphatic heterocycles. The van der Waals surface area contributed by atoms with Crippen molar-refractivity contribution >= 4 is 23.3 Å². The predicted molar refractivity (Wildman–Crippen MR) is 97.8 cm³/mol. The molecule has 0 saturated heterocycles. The van der Waals surface area contributed by atoms with Gasteiger partial charge in [0.1, 0.15) is 11.6 Å². The summed E-state index contributed by atoms with van der Waals surface area (Å²) in [6, 6.07) is 11.0. The molecule has 2 heterocycles. The van der Waals surface area contributed by atoms with E-state index >= 15 is 0 Å². The number of nitrogens with zero attached hydrogens (tertiary/aromatic N) is 3. The van der Waals surface area contributed by atoms with Gasteiger partial charge < -0.3 is 10.6 Å². The van der Waals surface area contributed by atoms with E-state index in [1.165, 1.54) is 16.8 Å².